The molecule has 0 aliphatic heterocycles. The van der Waals surface area contributed by atoms with Crippen LogP contribution < -0.4 is 15.4 Å². The molecule has 0 bridgehead atoms. The van der Waals surface area contributed by atoms with Gasteiger partial charge in [-0.1, -0.05) is 0 Å². The standard InChI is InChI=1S/C14H15N3O3S/c1-8-7-21-14(15-8)17-13(19)10-4-5-12(20-3)11(6-10)16-9(2)18/h4-7H,1-3H3,(H,16,18)(H,15,17,19). The molecule has 0 saturated heterocycles. The number of aryl methyl sites for hydroxylation is 1. The average Bonchev–Trinajstić information content (AvgIpc) is 2.83. The van der Waals surface area contributed by atoms with Crippen LogP contribution in [-0.2, 0) is 4.79 Å². The molecule has 0 spiro atoms. The van der Waals surface area contributed by atoms with Crippen molar-refractivity contribution < 1.29 is 14.3 Å². The Hall–Kier alpha value is -2.41. The number of hydrogen-bond donors (Lipinski definition) is 2. The molecule has 0 aliphatic carbocycles. The Bertz CT molecular complexity index is 682. The van der Waals surface area contributed by atoms with Crippen molar-refractivity contribution in [1.29, 1.82) is 0 Å². The summed E-state index contributed by atoms with van der Waals surface area (Å²) in [7, 11) is 1.50. The fourth-order valence-corrected chi connectivity index (χ4v) is 2.40. The smallest absolute Gasteiger partial charge is 0.257 e. The van der Waals surface area contributed by atoms with E-state index in [4.69, 9.17) is 4.74 Å². The van der Waals surface area contributed by atoms with E-state index in [2.05, 4.69) is 15.6 Å². The van der Waals surface area contributed by atoms with Gasteiger partial charge in [-0.2, -0.15) is 0 Å². The van der Waals surface area contributed by atoms with Gasteiger partial charge in [-0.25, -0.2) is 4.98 Å². The van der Waals surface area contributed by atoms with E-state index in [1.165, 1.54) is 25.4 Å². The summed E-state index contributed by atoms with van der Waals surface area (Å²) in [6.45, 7) is 3.25. The van der Waals surface area contributed by atoms with E-state index in [0.29, 0.717) is 22.1 Å². The number of nitrogens with zero attached hydrogens (tertiary/aromatic N) is 1. The molecule has 1 aromatic heterocycles. The number of carbonyl (C=O) groups excluding carboxylic acids is 2. The quantitative estimate of drug-likeness (QED) is 0.910. The normalized spacial score (nSPS) is 10.0. The Labute approximate surface area is 126 Å². The third-order valence-corrected chi connectivity index (χ3v) is 3.49. The number of amides is 2. The van der Waals surface area contributed by atoms with E-state index in [0.717, 1.165) is 5.69 Å². The topological polar surface area (TPSA) is 80.3 Å². The van der Waals surface area contributed by atoms with Crippen LogP contribution in [0.25, 0.3) is 0 Å². The summed E-state index contributed by atoms with van der Waals surface area (Å²) in [4.78, 5) is 27.5. The van der Waals surface area contributed by atoms with Crippen molar-refractivity contribution in [2.24, 2.45) is 0 Å². The van der Waals surface area contributed by atoms with Crippen LogP contribution in [0.5, 0.6) is 5.75 Å². The van der Waals surface area contributed by atoms with Crippen molar-refractivity contribution >= 4 is 34.0 Å². The fourth-order valence-electron chi connectivity index (χ4n) is 1.72. The van der Waals surface area contributed by atoms with Gasteiger partial charge in [-0.15, -0.1) is 11.3 Å². The highest BCUT2D eigenvalue weighted by molar-refractivity contribution is 7.13. The van der Waals surface area contributed by atoms with Crippen LogP contribution in [0.3, 0.4) is 0 Å². The van der Waals surface area contributed by atoms with E-state index in [1.807, 2.05) is 12.3 Å². The molecule has 0 saturated carbocycles. The van der Waals surface area contributed by atoms with Gasteiger partial charge in [0.15, 0.2) is 5.13 Å². The molecule has 2 N–H and O–H groups in total. The van der Waals surface area contributed by atoms with Gasteiger partial charge in [0.1, 0.15) is 5.75 Å². The zero-order valence-electron chi connectivity index (χ0n) is 11.9. The lowest BCUT2D eigenvalue weighted by Crippen LogP contribution is -2.13. The molecule has 0 unspecified atom stereocenters. The minimum Gasteiger partial charge on any atom is -0.495 e. The second kappa shape index (κ2) is 6.36. The number of rotatable bonds is 4. The maximum atomic E-state index is 12.2. The Morgan fingerprint density at radius 2 is 2.05 bits per heavy atom. The van der Waals surface area contributed by atoms with Crippen LogP contribution in [0, 0.1) is 6.92 Å². The lowest BCUT2D eigenvalue weighted by Gasteiger charge is -2.10. The SMILES string of the molecule is COc1ccc(C(=O)Nc2nc(C)cs2)cc1NC(C)=O. The number of nitrogens with one attached hydrogen (secondary N) is 2. The Kier molecular flexibility index (Phi) is 4.54. The summed E-state index contributed by atoms with van der Waals surface area (Å²) in [6.07, 6.45) is 0. The van der Waals surface area contributed by atoms with Gasteiger partial charge < -0.3 is 10.1 Å². The van der Waals surface area contributed by atoms with Gasteiger partial charge in [0.2, 0.25) is 5.91 Å². The number of anilines is 2. The minimum absolute atomic E-state index is 0.235. The summed E-state index contributed by atoms with van der Waals surface area (Å²) in [5, 5.41) is 7.73. The van der Waals surface area contributed by atoms with Crippen molar-refractivity contribution in [3.05, 3.63) is 34.8 Å². The van der Waals surface area contributed by atoms with E-state index in [1.54, 1.807) is 18.2 Å². The predicted molar refractivity (Wildman–Crippen MR) is 82.1 cm³/mol. The molecule has 0 fully saturated rings. The van der Waals surface area contributed by atoms with Gasteiger partial charge in [0.25, 0.3) is 5.91 Å². The maximum Gasteiger partial charge on any atom is 0.257 e. The maximum absolute atomic E-state index is 12.2. The fraction of sp³-hybridized carbons (Fsp3) is 0.214. The van der Waals surface area contributed by atoms with Gasteiger partial charge >= 0.3 is 0 Å². The summed E-state index contributed by atoms with van der Waals surface area (Å²) < 4.78 is 5.15. The summed E-state index contributed by atoms with van der Waals surface area (Å²) in [5.41, 5.74) is 1.71. The number of hydrogen-bond acceptors (Lipinski definition) is 5. The minimum atomic E-state index is -0.293. The van der Waals surface area contributed by atoms with E-state index in [-0.39, 0.29) is 11.8 Å². The number of carbonyl (C=O) groups is 2. The Morgan fingerprint density at radius 3 is 2.62 bits per heavy atom. The molecule has 6 nitrogen and oxygen atoms in total. The highest BCUT2D eigenvalue weighted by Gasteiger charge is 2.12. The van der Waals surface area contributed by atoms with E-state index >= 15 is 0 Å². The van der Waals surface area contributed by atoms with E-state index in [9.17, 15) is 9.59 Å². The van der Waals surface area contributed by atoms with Crippen LogP contribution in [0.15, 0.2) is 23.6 Å². The molecule has 0 radical (unpaired) electrons. The van der Waals surface area contributed by atoms with E-state index < -0.39 is 0 Å². The molecule has 110 valence electrons. The number of aromatic nitrogens is 1. The molecule has 7 heteroatoms. The van der Waals surface area contributed by atoms with Crippen molar-refractivity contribution in [3.8, 4) is 5.75 Å². The molecule has 2 amide bonds. The van der Waals surface area contributed by atoms with Crippen molar-refractivity contribution in [1.82, 2.24) is 4.98 Å². The molecule has 2 aromatic rings. The number of benzene rings is 1. The highest BCUT2D eigenvalue weighted by atomic mass is 32.1. The second-order valence-electron chi connectivity index (χ2n) is 4.34. The summed E-state index contributed by atoms with van der Waals surface area (Å²) in [6, 6.07) is 4.82. The summed E-state index contributed by atoms with van der Waals surface area (Å²) in [5.74, 6) is -0.0353. The molecular weight excluding hydrogens is 290 g/mol. The zero-order chi connectivity index (χ0) is 15.4. The van der Waals surface area contributed by atoms with Crippen LogP contribution in [0.2, 0.25) is 0 Å². The van der Waals surface area contributed by atoms with Crippen molar-refractivity contribution in [2.75, 3.05) is 17.7 Å². The first-order chi connectivity index (χ1) is 9.99. The lowest BCUT2D eigenvalue weighted by atomic mass is 10.1. The first-order valence-electron chi connectivity index (χ1n) is 6.18. The number of ether oxygens (including phenoxy) is 1. The highest BCUT2D eigenvalue weighted by Crippen LogP contribution is 2.26. The van der Waals surface area contributed by atoms with Gasteiger partial charge in [0, 0.05) is 17.9 Å². The van der Waals surface area contributed by atoms with Crippen LogP contribution in [0.1, 0.15) is 23.0 Å². The lowest BCUT2D eigenvalue weighted by molar-refractivity contribution is -0.114. The van der Waals surface area contributed by atoms with Crippen molar-refractivity contribution in [2.45, 2.75) is 13.8 Å². The molecule has 1 heterocycles. The molecule has 0 aliphatic rings. The largest absolute Gasteiger partial charge is 0.495 e. The molecule has 0 atom stereocenters. The molecule has 2 rings (SSSR count). The third-order valence-electron chi connectivity index (χ3n) is 2.61. The van der Waals surface area contributed by atoms with Gasteiger partial charge in [-0.3, -0.25) is 14.9 Å². The predicted octanol–water partition coefficient (Wildman–Crippen LogP) is 2.67. The Morgan fingerprint density at radius 1 is 1.29 bits per heavy atom. The van der Waals surface area contributed by atoms with Gasteiger partial charge in [0.05, 0.1) is 18.5 Å². The second-order valence-corrected chi connectivity index (χ2v) is 5.20. The van der Waals surface area contributed by atoms with Crippen LogP contribution >= 0.6 is 11.3 Å². The number of thiazole rings is 1. The monoisotopic (exact) mass is 305 g/mol. The molecule has 1 aromatic carbocycles. The third kappa shape index (κ3) is 3.79. The van der Waals surface area contributed by atoms with Crippen LogP contribution in [0.4, 0.5) is 10.8 Å². The first kappa shape index (κ1) is 15.0. The first-order valence-corrected chi connectivity index (χ1v) is 7.06. The van der Waals surface area contributed by atoms with Gasteiger partial charge in [-0.05, 0) is 25.1 Å². The molecular formula is C14H15N3O3S. The summed E-state index contributed by atoms with van der Waals surface area (Å²) >= 11 is 1.36. The Balaban J connectivity index is 2.22. The number of methoxy groups -OCH3 is 1. The average molecular weight is 305 g/mol. The van der Waals surface area contributed by atoms with Crippen LogP contribution in [-0.4, -0.2) is 23.9 Å². The zero-order valence-corrected chi connectivity index (χ0v) is 12.7. The molecule has 21 heavy (non-hydrogen) atoms. The van der Waals surface area contributed by atoms with Crippen molar-refractivity contribution in [3.63, 3.8) is 0 Å².